The van der Waals surface area contributed by atoms with E-state index >= 15 is 0 Å². The van der Waals surface area contributed by atoms with Crippen molar-refractivity contribution in [2.45, 2.75) is 46.5 Å². The molecule has 0 heterocycles. The van der Waals surface area contributed by atoms with Gasteiger partial charge < -0.3 is 15.0 Å². The Morgan fingerprint density at radius 3 is 2.55 bits per heavy atom. The zero-order chi connectivity index (χ0) is 22.5. The number of aliphatic carboxylic acids is 1. The van der Waals surface area contributed by atoms with E-state index in [9.17, 15) is 24.6 Å². The summed E-state index contributed by atoms with van der Waals surface area (Å²) >= 11 is 0. The highest BCUT2D eigenvalue weighted by molar-refractivity contribution is 6.04. The first-order valence-corrected chi connectivity index (χ1v) is 10.8. The van der Waals surface area contributed by atoms with Crippen molar-refractivity contribution in [1.29, 1.82) is 0 Å². The third kappa shape index (κ3) is 3.89. The van der Waals surface area contributed by atoms with Crippen LogP contribution in [0.15, 0.2) is 47.6 Å². The number of ketones is 2. The molecule has 1 N–H and O–H groups in total. The van der Waals surface area contributed by atoms with Gasteiger partial charge in [-0.15, -0.1) is 0 Å². The van der Waals surface area contributed by atoms with Crippen LogP contribution in [-0.2, 0) is 20.8 Å². The lowest BCUT2D eigenvalue weighted by molar-refractivity contribution is -0.313. The normalized spacial score (nSPS) is 25.6. The largest absolute Gasteiger partial charge is 0.550 e. The van der Waals surface area contributed by atoms with Crippen LogP contribution in [0.3, 0.4) is 0 Å². The molecule has 3 aliphatic rings. The number of rotatable bonds is 3. The van der Waals surface area contributed by atoms with Gasteiger partial charge in [0.1, 0.15) is 11.5 Å². The van der Waals surface area contributed by atoms with Crippen molar-refractivity contribution in [3.8, 4) is 5.75 Å². The first-order chi connectivity index (χ1) is 14.6. The summed E-state index contributed by atoms with van der Waals surface area (Å²) in [7, 11) is 0. The Kier molecular flexibility index (Phi) is 5.24. The van der Waals surface area contributed by atoms with Gasteiger partial charge in [-0.05, 0) is 83.7 Å². The van der Waals surface area contributed by atoms with Crippen LogP contribution in [-0.4, -0.2) is 22.6 Å². The molecule has 0 aliphatic heterocycles. The minimum absolute atomic E-state index is 0.109. The molecule has 31 heavy (non-hydrogen) atoms. The Hall–Kier alpha value is -2.95. The molecule has 0 saturated heterocycles. The standard InChI is InChI=1S/C26H28O5/c1-26(2,3)24(29)14-4-7-21(25(30)31)22(13-14)23-19-8-5-17(27)11-15(19)10-16-12-18(28)6-9-20(16)23/h5-6,8-9,11-12,14,21-22,27H,4,7,10,13H2,1-3H3,(H,30,31)/p-1. The van der Waals surface area contributed by atoms with E-state index in [0.29, 0.717) is 25.7 Å². The third-order valence-electron chi connectivity index (χ3n) is 6.76. The number of carboxylic acids is 1. The summed E-state index contributed by atoms with van der Waals surface area (Å²) < 4.78 is 0. The number of hydrogen-bond acceptors (Lipinski definition) is 5. The molecule has 5 heteroatoms. The van der Waals surface area contributed by atoms with Gasteiger partial charge in [0, 0.05) is 23.2 Å². The van der Waals surface area contributed by atoms with E-state index in [4.69, 9.17) is 0 Å². The molecule has 0 spiro atoms. The molecule has 1 fully saturated rings. The van der Waals surface area contributed by atoms with Crippen LogP contribution in [0, 0.1) is 23.2 Å². The monoisotopic (exact) mass is 419 g/mol. The van der Waals surface area contributed by atoms with E-state index in [-0.39, 0.29) is 23.2 Å². The second-order valence-electron chi connectivity index (χ2n) is 9.91. The number of phenolic OH excluding ortho intramolecular Hbond substituents is 1. The SMILES string of the molecule is CC(C)(C)C(=O)C1CCC(C(=O)[O-])C(C2=C3C=CC(=O)C=C3Cc3cc(O)ccc32)C1. The van der Waals surface area contributed by atoms with Crippen LogP contribution in [0.25, 0.3) is 5.57 Å². The number of Topliss-reactive ketones (excluding diaryl/α,β-unsaturated/α-hetero) is 1. The van der Waals surface area contributed by atoms with Crippen molar-refractivity contribution in [2.75, 3.05) is 0 Å². The molecular weight excluding hydrogens is 392 g/mol. The molecule has 1 aromatic carbocycles. The van der Waals surface area contributed by atoms with Gasteiger partial charge in [0.2, 0.25) is 0 Å². The van der Waals surface area contributed by atoms with E-state index in [1.807, 2.05) is 26.8 Å². The van der Waals surface area contributed by atoms with Gasteiger partial charge in [0.15, 0.2) is 5.78 Å². The summed E-state index contributed by atoms with van der Waals surface area (Å²) in [5.41, 5.74) is 3.76. The molecule has 0 aromatic heterocycles. The maximum Gasteiger partial charge on any atom is 0.178 e. The van der Waals surface area contributed by atoms with Crippen LogP contribution in [0.1, 0.15) is 51.2 Å². The first-order valence-electron chi connectivity index (χ1n) is 10.8. The Morgan fingerprint density at radius 1 is 1.13 bits per heavy atom. The zero-order valence-corrected chi connectivity index (χ0v) is 18.1. The van der Waals surface area contributed by atoms with Gasteiger partial charge in [-0.2, -0.15) is 0 Å². The molecule has 1 aromatic rings. The molecule has 3 unspecified atom stereocenters. The lowest BCUT2D eigenvalue weighted by atomic mass is 9.63. The fraction of sp³-hybridized carbons (Fsp3) is 0.423. The number of carboxylic acid groups (broad SMARTS) is 1. The minimum Gasteiger partial charge on any atom is -0.550 e. The molecule has 4 rings (SSSR count). The summed E-state index contributed by atoms with van der Waals surface area (Å²) in [6, 6.07) is 5.08. The third-order valence-corrected chi connectivity index (χ3v) is 6.76. The van der Waals surface area contributed by atoms with E-state index < -0.39 is 23.2 Å². The Bertz CT molecular complexity index is 1060. The van der Waals surface area contributed by atoms with Crippen molar-refractivity contribution < 1.29 is 24.6 Å². The van der Waals surface area contributed by atoms with Crippen LogP contribution in [0.2, 0.25) is 0 Å². The summed E-state index contributed by atoms with van der Waals surface area (Å²) in [6.07, 6.45) is 6.69. The summed E-state index contributed by atoms with van der Waals surface area (Å²) in [5.74, 6) is -2.28. The van der Waals surface area contributed by atoms with E-state index in [1.165, 1.54) is 6.08 Å². The molecule has 3 aliphatic carbocycles. The quantitative estimate of drug-likeness (QED) is 0.812. The van der Waals surface area contributed by atoms with Gasteiger partial charge >= 0.3 is 0 Å². The molecule has 1 saturated carbocycles. The highest BCUT2D eigenvalue weighted by atomic mass is 16.4. The Labute approximate surface area is 182 Å². The fourth-order valence-electron chi connectivity index (χ4n) is 5.34. The number of hydrogen-bond donors (Lipinski definition) is 1. The van der Waals surface area contributed by atoms with Crippen molar-refractivity contribution in [3.05, 3.63) is 58.7 Å². The van der Waals surface area contributed by atoms with Crippen molar-refractivity contribution in [3.63, 3.8) is 0 Å². The summed E-state index contributed by atoms with van der Waals surface area (Å²) in [6.45, 7) is 5.68. The number of allylic oxidation sites excluding steroid dienone is 6. The maximum atomic E-state index is 13.1. The molecule has 162 valence electrons. The number of carbonyl (C=O) groups is 3. The van der Waals surface area contributed by atoms with E-state index in [0.717, 1.165) is 27.8 Å². The van der Waals surface area contributed by atoms with Gasteiger partial charge in [-0.25, -0.2) is 0 Å². The van der Waals surface area contributed by atoms with Crippen LogP contribution >= 0.6 is 0 Å². The lowest BCUT2D eigenvalue weighted by Crippen LogP contribution is -2.43. The summed E-state index contributed by atoms with van der Waals surface area (Å²) in [4.78, 5) is 37.2. The fourth-order valence-corrected chi connectivity index (χ4v) is 5.34. The minimum atomic E-state index is -1.10. The molecule has 5 nitrogen and oxygen atoms in total. The zero-order valence-electron chi connectivity index (χ0n) is 18.1. The first kappa shape index (κ1) is 21.3. The van der Waals surface area contributed by atoms with Crippen molar-refractivity contribution >= 4 is 23.1 Å². The highest BCUT2D eigenvalue weighted by Crippen LogP contribution is 2.49. The predicted octanol–water partition coefficient (Wildman–Crippen LogP) is 3.16. The second-order valence-corrected chi connectivity index (χ2v) is 9.91. The van der Waals surface area contributed by atoms with Crippen molar-refractivity contribution in [1.82, 2.24) is 0 Å². The van der Waals surface area contributed by atoms with Crippen LogP contribution < -0.4 is 5.11 Å². The predicted molar refractivity (Wildman–Crippen MR) is 115 cm³/mol. The lowest BCUT2D eigenvalue weighted by Gasteiger charge is -2.42. The maximum absolute atomic E-state index is 13.1. The number of benzene rings is 1. The van der Waals surface area contributed by atoms with E-state index in [1.54, 1.807) is 24.3 Å². The molecule has 0 bridgehead atoms. The molecular formula is C26H27O5-. The number of fused-ring (bicyclic) bond motifs is 2. The highest BCUT2D eigenvalue weighted by Gasteiger charge is 2.41. The summed E-state index contributed by atoms with van der Waals surface area (Å²) in [5, 5.41) is 22.1. The van der Waals surface area contributed by atoms with Gasteiger partial charge in [-0.3, -0.25) is 9.59 Å². The van der Waals surface area contributed by atoms with Gasteiger partial charge in [-0.1, -0.05) is 32.9 Å². The van der Waals surface area contributed by atoms with Crippen LogP contribution in [0.4, 0.5) is 0 Å². The number of aromatic hydroxyl groups is 1. The molecule has 0 amide bonds. The van der Waals surface area contributed by atoms with Crippen molar-refractivity contribution in [2.24, 2.45) is 23.2 Å². The Morgan fingerprint density at radius 2 is 1.87 bits per heavy atom. The number of carbonyl (C=O) groups excluding carboxylic acids is 3. The second kappa shape index (κ2) is 7.63. The number of phenols is 1. The molecule has 0 radical (unpaired) electrons. The molecule has 3 atom stereocenters. The average molecular weight is 419 g/mol. The van der Waals surface area contributed by atoms with E-state index in [2.05, 4.69) is 0 Å². The smallest absolute Gasteiger partial charge is 0.178 e. The topological polar surface area (TPSA) is 94.5 Å². The Balaban J connectivity index is 1.87. The average Bonchev–Trinajstić information content (AvgIpc) is 2.70. The van der Waals surface area contributed by atoms with Gasteiger partial charge in [0.05, 0.1) is 0 Å². The van der Waals surface area contributed by atoms with Crippen LogP contribution in [0.5, 0.6) is 5.75 Å². The van der Waals surface area contributed by atoms with Gasteiger partial charge in [0.25, 0.3) is 0 Å².